The number of hydrogen-bond acceptors (Lipinski definition) is 2. The number of fused-ring (bicyclic) bond motifs is 4. The fourth-order valence-electron chi connectivity index (χ4n) is 6.96. The fraction of sp³-hybridized carbons (Fsp3) is 0.0233. The third-order valence-corrected chi connectivity index (χ3v) is 9.19. The predicted molar refractivity (Wildman–Crippen MR) is 195 cm³/mol. The molecule has 0 aliphatic heterocycles. The lowest BCUT2D eigenvalue weighted by Crippen LogP contribution is -1.96. The van der Waals surface area contributed by atoms with E-state index in [2.05, 4.69) is 167 Å². The van der Waals surface area contributed by atoms with Crippen LogP contribution in [0.15, 0.2) is 164 Å². The van der Waals surface area contributed by atoms with Gasteiger partial charge in [-0.25, -0.2) is 4.98 Å². The first-order valence-corrected chi connectivity index (χ1v) is 15.9. The normalized spacial score (nSPS) is 11.5. The Morgan fingerprint density at radius 1 is 0.489 bits per heavy atom. The zero-order valence-electron chi connectivity index (χ0n) is 25.9. The molecule has 0 fully saturated rings. The number of pyridine rings is 1. The molecule has 0 aliphatic carbocycles. The summed E-state index contributed by atoms with van der Waals surface area (Å²) in [5.41, 5.74) is 13.4. The molecule has 0 bridgehead atoms. The number of aryl methyl sites for hydroxylation is 1. The standard InChI is InChI=1S/C43H30N4/c1-46-42-35(31-22-20-30(21-23-31)29-11-3-2-4-12-29)16-10-18-39(42)45-43(46)33-24-25-37-36-15-5-6-19-40(36)47(41(37)28-33)34-14-9-13-32(27-34)38-17-7-8-26-44-38/h2-28H,1H3. The number of rotatable bonds is 5. The van der Waals surface area contributed by atoms with E-state index in [0.29, 0.717) is 0 Å². The van der Waals surface area contributed by atoms with Gasteiger partial charge in [-0.15, -0.1) is 0 Å². The lowest BCUT2D eigenvalue weighted by Gasteiger charge is -2.11. The van der Waals surface area contributed by atoms with Gasteiger partial charge in [0.05, 0.1) is 27.8 Å². The molecule has 0 spiro atoms. The minimum atomic E-state index is 0.939. The number of benzene rings is 6. The minimum Gasteiger partial charge on any atom is -0.327 e. The van der Waals surface area contributed by atoms with Crippen LogP contribution in [0, 0.1) is 0 Å². The van der Waals surface area contributed by atoms with Crippen molar-refractivity contribution < 1.29 is 0 Å². The van der Waals surface area contributed by atoms with Gasteiger partial charge in [-0.1, -0.05) is 115 Å². The lowest BCUT2D eigenvalue weighted by molar-refractivity contribution is 0.960. The van der Waals surface area contributed by atoms with Gasteiger partial charge in [0.15, 0.2) is 0 Å². The summed E-state index contributed by atoms with van der Waals surface area (Å²) in [5.74, 6) is 0.939. The van der Waals surface area contributed by atoms with E-state index in [-0.39, 0.29) is 0 Å². The second kappa shape index (κ2) is 11.0. The Balaban J connectivity index is 1.19. The Bertz CT molecular complexity index is 2560. The molecule has 0 unspecified atom stereocenters. The molecule has 0 atom stereocenters. The highest BCUT2D eigenvalue weighted by molar-refractivity contribution is 6.10. The Morgan fingerprint density at radius 2 is 1.19 bits per heavy atom. The van der Waals surface area contributed by atoms with Crippen molar-refractivity contribution in [2.24, 2.45) is 7.05 Å². The molecule has 4 heteroatoms. The summed E-state index contributed by atoms with van der Waals surface area (Å²) in [6.45, 7) is 0. The van der Waals surface area contributed by atoms with Crippen molar-refractivity contribution in [2.45, 2.75) is 0 Å². The topological polar surface area (TPSA) is 35.6 Å². The summed E-state index contributed by atoms with van der Waals surface area (Å²) in [7, 11) is 2.13. The van der Waals surface area contributed by atoms with Crippen LogP contribution >= 0.6 is 0 Å². The quantitative estimate of drug-likeness (QED) is 0.196. The van der Waals surface area contributed by atoms with Crippen molar-refractivity contribution in [3.63, 3.8) is 0 Å². The molecule has 3 heterocycles. The van der Waals surface area contributed by atoms with E-state index in [1.807, 2.05) is 18.3 Å². The van der Waals surface area contributed by atoms with E-state index in [1.54, 1.807) is 0 Å². The smallest absolute Gasteiger partial charge is 0.140 e. The Kier molecular flexibility index (Phi) is 6.32. The summed E-state index contributed by atoms with van der Waals surface area (Å²) in [6.07, 6.45) is 1.84. The van der Waals surface area contributed by atoms with Crippen LogP contribution in [0.25, 0.3) is 83.4 Å². The first-order valence-electron chi connectivity index (χ1n) is 15.9. The lowest BCUT2D eigenvalue weighted by atomic mass is 9.99. The summed E-state index contributed by atoms with van der Waals surface area (Å²) >= 11 is 0. The SMILES string of the molecule is Cn1c(-c2ccc3c4ccccc4n(-c4cccc(-c5ccccn5)c4)c3c2)nc2cccc(-c3ccc(-c4ccccc4)cc3)c21. The Morgan fingerprint density at radius 3 is 2.04 bits per heavy atom. The monoisotopic (exact) mass is 602 g/mol. The van der Waals surface area contributed by atoms with Crippen LogP contribution in [0.2, 0.25) is 0 Å². The number of aromatic nitrogens is 4. The third-order valence-electron chi connectivity index (χ3n) is 9.19. The molecule has 0 N–H and O–H groups in total. The number of imidazole rings is 1. The van der Waals surface area contributed by atoms with E-state index in [4.69, 9.17) is 4.98 Å². The van der Waals surface area contributed by atoms with E-state index >= 15 is 0 Å². The van der Waals surface area contributed by atoms with Crippen LogP contribution in [0.4, 0.5) is 0 Å². The molecule has 6 aromatic carbocycles. The van der Waals surface area contributed by atoms with Crippen molar-refractivity contribution >= 4 is 32.8 Å². The predicted octanol–water partition coefficient (Wildman–Crippen LogP) is 10.7. The zero-order valence-corrected chi connectivity index (χ0v) is 25.9. The molecule has 9 aromatic rings. The molecule has 0 saturated heterocycles. The molecule has 222 valence electrons. The summed E-state index contributed by atoms with van der Waals surface area (Å²) in [4.78, 5) is 9.80. The van der Waals surface area contributed by atoms with E-state index in [0.717, 1.165) is 44.9 Å². The van der Waals surface area contributed by atoms with Gasteiger partial charge in [-0.3, -0.25) is 4.98 Å². The molecule has 9 rings (SSSR count). The van der Waals surface area contributed by atoms with Gasteiger partial charge in [0.1, 0.15) is 5.82 Å². The van der Waals surface area contributed by atoms with Gasteiger partial charge >= 0.3 is 0 Å². The van der Waals surface area contributed by atoms with E-state index < -0.39 is 0 Å². The number of para-hydroxylation sites is 2. The van der Waals surface area contributed by atoms with Gasteiger partial charge in [0.2, 0.25) is 0 Å². The number of nitrogens with zero attached hydrogens (tertiary/aromatic N) is 4. The molecule has 0 amide bonds. The molecule has 0 saturated carbocycles. The first kappa shape index (κ1) is 27.1. The van der Waals surface area contributed by atoms with E-state index in [9.17, 15) is 0 Å². The van der Waals surface area contributed by atoms with Crippen LogP contribution in [0.3, 0.4) is 0 Å². The molecule has 3 aromatic heterocycles. The highest BCUT2D eigenvalue weighted by atomic mass is 15.1. The zero-order chi connectivity index (χ0) is 31.3. The highest BCUT2D eigenvalue weighted by Crippen LogP contribution is 2.37. The highest BCUT2D eigenvalue weighted by Gasteiger charge is 2.18. The maximum atomic E-state index is 5.20. The van der Waals surface area contributed by atoms with Gasteiger partial charge in [0.25, 0.3) is 0 Å². The molecular formula is C43H30N4. The van der Waals surface area contributed by atoms with Crippen LogP contribution < -0.4 is 0 Å². The van der Waals surface area contributed by atoms with Crippen molar-refractivity contribution in [3.05, 3.63) is 164 Å². The van der Waals surface area contributed by atoms with Crippen LogP contribution in [-0.4, -0.2) is 19.1 Å². The number of hydrogen-bond donors (Lipinski definition) is 0. The van der Waals surface area contributed by atoms with Gasteiger partial charge in [-0.2, -0.15) is 0 Å². The van der Waals surface area contributed by atoms with Crippen molar-refractivity contribution in [1.82, 2.24) is 19.1 Å². The van der Waals surface area contributed by atoms with Crippen LogP contribution in [0.5, 0.6) is 0 Å². The molecule has 0 radical (unpaired) electrons. The third kappa shape index (κ3) is 4.53. The summed E-state index contributed by atoms with van der Waals surface area (Å²) in [5, 5.41) is 2.44. The van der Waals surface area contributed by atoms with Crippen LogP contribution in [-0.2, 0) is 7.05 Å². The fourth-order valence-corrected chi connectivity index (χ4v) is 6.96. The van der Waals surface area contributed by atoms with Crippen molar-refractivity contribution in [1.29, 1.82) is 0 Å². The summed E-state index contributed by atoms with van der Waals surface area (Å²) in [6, 6.07) is 55.8. The second-order valence-corrected chi connectivity index (χ2v) is 12.0. The first-order chi connectivity index (χ1) is 23.2. The molecular weight excluding hydrogens is 573 g/mol. The van der Waals surface area contributed by atoms with Crippen LogP contribution in [0.1, 0.15) is 0 Å². The molecule has 47 heavy (non-hydrogen) atoms. The Labute approximate surface area is 272 Å². The van der Waals surface area contributed by atoms with E-state index in [1.165, 1.54) is 38.5 Å². The van der Waals surface area contributed by atoms with Gasteiger partial charge < -0.3 is 9.13 Å². The average molecular weight is 603 g/mol. The average Bonchev–Trinajstić information content (AvgIpc) is 3.66. The van der Waals surface area contributed by atoms with Gasteiger partial charge in [0, 0.05) is 46.4 Å². The maximum absolute atomic E-state index is 5.20. The second-order valence-electron chi connectivity index (χ2n) is 12.0. The maximum Gasteiger partial charge on any atom is 0.140 e. The largest absolute Gasteiger partial charge is 0.327 e. The molecule has 4 nitrogen and oxygen atoms in total. The minimum absolute atomic E-state index is 0.939. The molecule has 0 aliphatic rings. The van der Waals surface area contributed by atoms with Crippen molar-refractivity contribution in [2.75, 3.05) is 0 Å². The van der Waals surface area contributed by atoms with Gasteiger partial charge in [-0.05, 0) is 59.2 Å². The summed E-state index contributed by atoms with van der Waals surface area (Å²) < 4.78 is 4.61. The Hall–Kier alpha value is -6.26. The van der Waals surface area contributed by atoms with Crippen molar-refractivity contribution in [3.8, 4) is 50.6 Å².